The molecule has 3 nitrogen and oxygen atoms in total. The fraction of sp³-hybridized carbons (Fsp3) is 0.300. The zero-order valence-electron chi connectivity index (χ0n) is 14.1. The van der Waals surface area contributed by atoms with Gasteiger partial charge in [0.1, 0.15) is 9.88 Å². The zero-order chi connectivity index (χ0) is 17.2. The van der Waals surface area contributed by atoms with Gasteiger partial charge < -0.3 is 4.90 Å². The molecule has 0 bridgehead atoms. The number of nitrogens with zero attached hydrogens (tertiary/aromatic N) is 2. The number of aromatic nitrogens is 1. The van der Waals surface area contributed by atoms with Crippen molar-refractivity contribution in [3.05, 3.63) is 63.3 Å². The molecule has 3 aromatic rings. The van der Waals surface area contributed by atoms with E-state index < -0.39 is 0 Å². The van der Waals surface area contributed by atoms with E-state index in [1.54, 1.807) is 11.3 Å². The topological polar surface area (TPSA) is 33.2 Å². The normalized spacial score (nSPS) is 17.2. The lowest BCUT2D eigenvalue weighted by molar-refractivity contribution is 0.0740. The molecule has 0 N–H and O–H groups in total. The summed E-state index contributed by atoms with van der Waals surface area (Å²) in [4.78, 5) is 20.6. The minimum absolute atomic E-state index is 0.148. The number of carbonyl (C=O) groups excluding carboxylic acids is 1. The molecule has 1 fully saturated rings. The van der Waals surface area contributed by atoms with Crippen LogP contribution in [0.3, 0.4) is 0 Å². The van der Waals surface area contributed by atoms with Gasteiger partial charge in [-0.25, -0.2) is 4.98 Å². The van der Waals surface area contributed by atoms with Crippen molar-refractivity contribution in [3.63, 3.8) is 0 Å². The third-order valence-corrected chi connectivity index (χ3v) is 6.59. The summed E-state index contributed by atoms with van der Waals surface area (Å²) in [6.07, 6.45) is 3.09. The van der Waals surface area contributed by atoms with Crippen molar-refractivity contribution >= 4 is 28.6 Å². The van der Waals surface area contributed by atoms with E-state index in [9.17, 15) is 4.79 Å². The molecule has 0 aliphatic carbocycles. The van der Waals surface area contributed by atoms with E-state index in [1.165, 1.54) is 16.9 Å². The molecule has 0 saturated carbocycles. The second kappa shape index (κ2) is 7.10. The first-order chi connectivity index (χ1) is 12.2. The van der Waals surface area contributed by atoms with Crippen molar-refractivity contribution < 1.29 is 4.79 Å². The number of aryl methyl sites for hydroxylation is 1. The average Bonchev–Trinajstić information content (AvgIpc) is 3.35. The Morgan fingerprint density at radius 3 is 2.88 bits per heavy atom. The van der Waals surface area contributed by atoms with Crippen molar-refractivity contribution in [3.8, 4) is 10.6 Å². The Hall–Kier alpha value is -1.98. The van der Waals surface area contributed by atoms with Crippen LogP contribution in [0.25, 0.3) is 10.6 Å². The second-order valence-electron chi connectivity index (χ2n) is 6.43. The number of carbonyl (C=O) groups is 1. The van der Waals surface area contributed by atoms with E-state index >= 15 is 0 Å². The molecule has 1 atom stereocenters. The van der Waals surface area contributed by atoms with Gasteiger partial charge >= 0.3 is 0 Å². The van der Waals surface area contributed by atoms with Gasteiger partial charge in [-0.05, 0) is 43.2 Å². The molecular formula is C20H20N2OS2. The van der Waals surface area contributed by atoms with Gasteiger partial charge in [0, 0.05) is 23.5 Å². The van der Waals surface area contributed by atoms with Crippen LogP contribution in [0.4, 0.5) is 0 Å². The van der Waals surface area contributed by atoms with Gasteiger partial charge in [0.15, 0.2) is 0 Å². The molecule has 0 spiro atoms. The molecule has 1 aromatic carbocycles. The van der Waals surface area contributed by atoms with Gasteiger partial charge in [-0.1, -0.05) is 30.3 Å². The summed E-state index contributed by atoms with van der Waals surface area (Å²) in [5.41, 5.74) is 3.26. The highest BCUT2D eigenvalue weighted by atomic mass is 32.1. The Bertz CT molecular complexity index is 855. The third-order valence-electron chi connectivity index (χ3n) is 4.71. The van der Waals surface area contributed by atoms with E-state index in [4.69, 9.17) is 0 Å². The number of rotatable bonds is 4. The molecule has 1 amide bonds. The molecule has 3 heterocycles. The van der Waals surface area contributed by atoms with Gasteiger partial charge in [-0.2, -0.15) is 11.3 Å². The van der Waals surface area contributed by atoms with Crippen LogP contribution >= 0.6 is 22.7 Å². The monoisotopic (exact) mass is 368 g/mol. The summed E-state index contributed by atoms with van der Waals surface area (Å²) in [5.74, 6) is 0.148. The first-order valence-electron chi connectivity index (χ1n) is 8.57. The predicted molar refractivity (Wildman–Crippen MR) is 104 cm³/mol. The maximum absolute atomic E-state index is 13.2. The molecule has 1 aliphatic rings. The summed E-state index contributed by atoms with van der Waals surface area (Å²) in [6.45, 7) is 2.79. The van der Waals surface area contributed by atoms with E-state index in [1.807, 2.05) is 18.4 Å². The molecular weight excluding hydrogens is 348 g/mol. The SMILES string of the molecule is Cc1nc(-c2ccsc2)sc1C(=O)N1CCCC1Cc1ccccc1. The quantitative estimate of drug-likeness (QED) is 0.647. The molecule has 0 radical (unpaired) electrons. The lowest BCUT2D eigenvalue weighted by Gasteiger charge is -2.24. The summed E-state index contributed by atoms with van der Waals surface area (Å²) in [5, 5.41) is 5.07. The number of likely N-dealkylation sites (tertiary alicyclic amines) is 1. The minimum atomic E-state index is 0.148. The standard InChI is InChI=1S/C20H20N2OS2/c1-14-18(25-19(21-14)16-9-11-24-13-16)20(23)22-10-5-8-17(22)12-15-6-3-2-4-7-15/h2-4,6-7,9,11,13,17H,5,8,10,12H2,1H3. The summed E-state index contributed by atoms with van der Waals surface area (Å²) >= 11 is 3.18. The van der Waals surface area contributed by atoms with Gasteiger partial charge in [0.25, 0.3) is 5.91 Å². The Kier molecular flexibility index (Phi) is 4.68. The van der Waals surface area contributed by atoms with Crippen LogP contribution in [0.2, 0.25) is 0 Å². The van der Waals surface area contributed by atoms with Crippen LogP contribution in [-0.4, -0.2) is 28.4 Å². The van der Waals surface area contributed by atoms with Crippen LogP contribution < -0.4 is 0 Å². The molecule has 25 heavy (non-hydrogen) atoms. The second-order valence-corrected chi connectivity index (χ2v) is 8.21. The highest BCUT2D eigenvalue weighted by molar-refractivity contribution is 7.17. The Labute approximate surface area is 156 Å². The van der Waals surface area contributed by atoms with E-state index in [2.05, 4.69) is 45.6 Å². The van der Waals surface area contributed by atoms with E-state index in [0.717, 1.165) is 46.9 Å². The summed E-state index contributed by atoms with van der Waals surface area (Å²) in [6, 6.07) is 12.8. The highest BCUT2D eigenvalue weighted by Gasteiger charge is 2.31. The van der Waals surface area contributed by atoms with Crippen molar-refractivity contribution in [1.82, 2.24) is 9.88 Å². The Morgan fingerprint density at radius 1 is 1.28 bits per heavy atom. The molecule has 1 aliphatic heterocycles. The summed E-state index contributed by atoms with van der Waals surface area (Å²) < 4.78 is 0. The minimum Gasteiger partial charge on any atom is -0.335 e. The fourth-order valence-corrected chi connectivity index (χ4v) is 5.17. The Morgan fingerprint density at radius 2 is 2.12 bits per heavy atom. The smallest absolute Gasteiger partial charge is 0.266 e. The largest absolute Gasteiger partial charge is 0.335 e. The lowest BCUT2D eigenvalue weighted by atomic mass is 10.0. The van der Waals surface area contributed by atoms with E-state index in [-0.39, 0.29) is 5.91 Å². The molecule has 2 aromatic heterocycles. The maximum atomic E-state index is 13.2. The molecule has 4 rings (SSSR count). The van der Waals surface area contributed by atoms with Crippen LogP contribution in [0, 0.1) is 6.92 Å². The third kappa shape index (κ3) is 3.39. The van der Waals surface area contributed by atoms with Crippen LogP contribution in [-0.2, 0) is 6.42 Å². The predicted octanol–water partition coefficient (Wildman–Crippen LogP) is 5.03. The molecule has 128 valence electrons. The van der Waals surface area contributed by atoms with Crippen LogP contribution in [0.5, 0.6) is 0 Å². The molecule has 5 heteroatoms. The average molecular weight is 369 g/mol. The molecule has 1 unspecified atom stereocenters. The van der Waals surface area contributed by atoms with Crippen molar-refractivity contribution in [1.29, 1.82) is 0 Å². The zero-order valence-corrected chi connectivity index (χ0v) is 15.8. The number of thiophene rings is 1. The summed E-state index contributed by atoms with van der Waals surface area (Å²) in [7, 11) is 0. The number of hydrogen-bond donors (Lipinski definition) is 0. The van der Waals surface area contributed by atoms with E-state index in [0.29, 0.717) is 6.04 Å². The Balaban J connectivity index is 1.55. The maximum Gasteiger partial charge on any atom is 0.266 e. The van der Waals surface area contributed by atoms with Gasteiger partial charge in [0.2, 0.25) is 0 Å². The fourth-order valence-electron chi connectivity index (χ4n) is 3.44. The first kappa shape index (κ1) is 16.5. The highest BCUT2D eigenvalue weighted by Crippen LogP contribution is 2.32. The van der Waals surface area contributed by atoms with Crippen molar-refractivity contribution in [2.24, 2.45) is 0 Å². The number of benzene rings is 1. The van der Waals surface area contributed by atoms with Gasteiger partial charge in [-0.15, -0.1) is 11.3 Å². The number of hydrogen-bond acceptors (Lipinski definition) is 4. The van der Waals surface area contributed by atoms with Crippen molar-refractivity contribution in [2.45, 2.75) is 32.2 Å². The van der Waals surface area contributed by atoms with Crippen molar-refractivity contribution in [2.75, 3.05) is 6.54 Å². The van der Waals surface area contributed by atoms with Crippen LogP contribution in [0.1, 0.15) is 33.8 Å². The first-order valence-corrected chi connectivity index (χ1v) is 10.3. The molecule has 1 saturated heterocycles. The van der Waals surface area contributed by atoms with Crippen LogP contribution in [0.15, 0.2) is 47.2 Å². The van der Waals surface area contributed by atoms with Gasteiger partial charge in [-0.3, -0.25) is 4.79 Å². The lowest BCUT2D eigenvalue weighted by Crippen LogP contribution is -2.36. The van der Waals surface area contributed by atoms with Gasteiger partial charge in [0.05, 0.1) is 5.69 Å². The number of amides is 1. The number of thiazole rings is 1.